The lowest BCUT2D eigenvalue weighted by molar-refractivity contribution is 0.589. The van der Waals surface area contributed by atoms with Gasteiger partial charge in [-0.1, -0.05) is 18.2 Å². The maximum atomic E-state index is 14.0. The molecule has 0 radical (unpaired) electrons. The molecule has 1 saturated heterocycles. The molecule has 0 spiro atoms. The van der Waals surface area contributed by atoms with E-state index in [0.29, 0.717) is 49.3 Å². The Balaban J connectivity index is 1.51. The third-order valence-corrected chi connectivity index (χ3v) is 4.81. The second-order valence-electron chi connectivity index (χ2n) is 6.84. The highest BCUT2D eigenvalue weighted by molar-refractivity contribution is 5.59. The van der Waals surface area contributed by atoms with Gasteiger partial charge in [-0.2, -0.15) is 4.98 Å². The fourth-order valence-electron chi connectivity index (χ4n) is 3.36. The van der Waals surface area contributed by atoms with Gasteiger partial charge in [-0.05, 0) is 31.2 Å². The lowest BCUT2D eigenvalue weighted by Crippen LogP contribution is -2.47. The summed E-state index contributed by atoms with van der Waals surface area (Å²) in [5.41, 5.74) is 1.00. The molecule has 0 unspecified atom stereocenters. The Bertz CT molecular complexity index is 999. The lowest BCUT2D eigenvalue weighted by atomic mass is 10.2. The number of aryl methyl sites for hydroxylation is 1. The van der Waals surface area contributed by atoms with Crippen LogP contribution in [-0.4, -0.2) is 36.1 Å². The molecule has 0 atom stereocenters. The van der Waals surface area contributed by atoms with Gasteiger partial charge in [0.25, 0.3) is 0 Å². The molecule has 3 aromatic rings. The van der Waals surface area contributed by atoms with Crippen molar-refractivity contribution in [3.8, 4) is 0 Å². The van der Waals surface area contributed by atoms with Gasteiger partial charge < -0.3 is 15.1 Å². The fourth-order valence-corrected chi connectivity index (χ4v) is 3.36. The second-order valence-corrected chi connectivity index (χ2v) is 6.84. The zero-order chi connectivity index (χ0) is 20.4. The van der Waals surface area contributed by atoms with Gasteiger partial charge in [0.05, 0.1) is 5.69 Å². The van der Waals surface area contributed by atoms with Gasteiger partial charge in [-0.3, -0.25) is 0 Å². The zero-order valence-corrected chi connectivity index (χ0v) is 15.9. The van der Waals surface area contributed by atoms with E-state index in [9.17, 15) is 13.2 Å². The number of halogens is 3. The summed E-state index contributed by atoms with van der Waals surface area (Å²) >= 11 is 0. The molecule has 0 saturated carbocycles. The third kappa shape index (κ3) is 4.11. The topological polar surface area (TPSA) is 44.3 Å². The Kier molecular flexibility index (Phi) is 5.24. The van der Waals surface area contributed by atoms with Crippen LogP contribution in [0.4, 0.5) is 36.3 Å². The van der Waals surface area contributed by atoms with Crippen molar-refractivity contribution in [1.29, 1.82) is 0 Å². The number of anilines is 4. The first-order chi connectivity index (χ1) is 14.0. The van der Waals surface area contributed by atoms with Crippen LogP contribution < -0.4 is 15.1 Å². The number of hydrogen-bond donors (Lipinski definition) is 1. The predicted molar refractivity (Wildman–Crippen MR) is 107 cm³/mol. The SMILES string of the molecule is Cc1cc(Nc2c(F)cccc2F)nc(N2CCN(c3ccccc3F)CC2)n1. The van der Waals surface area contributed by atoms with Crippen LogP contribution in [0.1, 0.15) is 5.69 Å². The zero-order valence-electron chi connectivity index (χ0n) is 15.9. The van der Waals surface area contributed by atoms with Crippen LogP contribution in [0.15, 0.2) is 48.5 Å². The Morgan fingerprint density at radius 2 is 1.41 bits per heavy atom. The first kappa shape index (κ1) is 19.0. The number of piperazine rings is 1. The summed E-state index contributed by atoms with van der Waals surface area (Å²) < 4.78 is 41.9. The monoisotopic (exact) mass is 399 g/mol. The molecule has 1 aromatic heterocycles. The predicted octanol–water partition coefficient (Wildman–Crippen LogP) is 4.27. The summed E-state index contributed by atoms with van der Waals surface area (Å²) in [6.07, 6.45) is 0. The van der Waals surface area contributed by atoms with Crippen LogP contribution in [-0.2, 0) is 0 Å². The van der Waals surface area contributed by atoms with E-state index < -0.39 is 11.6 Å². The number of rotatable bonds is 4. The third-order valence-electron chi connectivity index (χ3n) is 4.81. The van der Waals surface area contributed by atoms with E-state index in [1.54, 1.807) is 25.1 Å². The van der Waals surface area contributed by atoms with E-state index in [-0.39, 0.29) is 11.5 Å². The standard InChI is InChI=1S/C21H20F3N5/c1-14-13-19(26-20-16(23)6-4-7-17(20)24)27-21(25-14)29-11-9-28(10-12-29)18-8-3-2-5-15(18)22/h2-8,13H,9-12H2,1H3,(H,25,26,27). The van der Waals surface area contributed by atoms with Gasteiger partial charge in [0.1, 0.15) is 29.0 Å². The fraction of sp³-hybridized carbons (Fsp3) is 0.238. The molecular formula is C21H20F3N5. The van der Waals surface area contributed by atoms with E-state index in [1.165, 1.54) is 24.3 Å². The van der Waals surface area contributed by atoms with E-state index in [4.69, 9.17) is 0 Å². The Hall–Kier alpha value is -3.29. The van der Waals surface area contributed by atoms with Crippen molar-refractivity contribution in [2.24, 2.45) is 0 Å². The quantitative estimate of drug-likeness (QED) is 0.710. The van der Waals surface area contributed by atoms with Gasteiger partial charge in [0.15, 0.2) is 0 Å². The molecule has 2 aromatic carbocycles. The number of benzene rings is 2. The highest BCUT2D eigenvalue weighted by Gasteiger charge is 2.22. The normalized spacial score (nSPS) is 14.2. The minimum atomic E-state index is -0.693. The van der Waals surface area contributed by atoms with Crippen molar-refractivity contribution in [3.63, 3.8) is 0 Å². The molecule has 150 valence electrons. The smallest absolute Gasteiger partial charge is 0.227 e. The van der Waals surface area contributed by atoms with Crippen molar-refractivity contribution in [2.45, 2.75) is 6.92 Å². The molecular weight excluding hydrogens is 379 g/mol. The maximum absolute atomic E-state index is 14.0. The molecule has 0 amide bonds. The minimum Gasteiger partial charge on any atom is -0.366 e. The van der Waals surface area contributed by atoms with Crippen molar-refractivity contribution in [1.82, 2.24) is 9.97 Å². The van der Waals surface area contributed by atoms with Gasteiger partial charge in [0.2, 0.25) is 5.95 Å². The van der Waals surface area contributed by atoms with E-state index in [0.717, 1.165) is 0 Å². The molecule has 0 aliphatic carbocycles. The van der Waals surface area contributed by atoms with Gasteiger partial charge in [-0.25, -0.2) is 18.2 Å². The first-order valence-corrected chi connectivity index (χ1v) is 9.32. The summed E-state index contributed by atoms with van der Waals surface area (Å²) in [6, 6.07) is 12.0. The molecule has 0 bridgehead atoms. The largest absolute Gasteiger partial charge is 0.366 e. The number of para-hydroxylation sites is 2. The number of aromatic nitrogens is 2. The van der Waals surface area contributed by atoms with Gasteiger partial charge >= 0.3 is 0 Å². The molecule has 8 heteroatoms. The minimum absolute atomic E-state index is 0.244. The molecule has 2 heterocycles. The van der Waals surface area contributed by atoms with Crippen molar-refractivity contribution in [2.75, 3.05) is 41.3 Å². The van der Waals surface area contributed by atoms with E-state index >= 15 is 0 Å². The molecule has 29 heavy (non-hydrogen) atoms. The van der Waals surface area contributed by atoms with Crippen LogP contribution >= 0.6 is 0 Å². The molecule has 5 nitrogen and oxygen atoms in total. The molecule has 1 aliphatic heterocycles. The highest BCUT2D eigenvalue weighted by atomic mass is 19.1. The maximum Gasteiger partial charge on any atom is 0.227 e. The molecule has 1 aliphatic rings. The van der Waals surface area contributed by atoms with Crippen LogP contribution in [0, 0.1) is 24.4 Å². The van der Waals surface area contributed by atoms with Gasteiger partial charge in [0, 0.05) is 37.9 Å². The van der Waals surface area contributed by atoms with Crippen LogP contribution in [0.3, 0.4) is 0 Å². The Morgan fingerprint density at radius 3 is 2.10 bits per heavy atom. The van der Waals surface area contributed by atoms with Crippen LogP contribution in [0.2, 0.25) is 0 Å². The summed E-state index contributed by atoms with van der Waals surface area (Å²) in [7, 11) is 0. The average molecular weight is 399 g/mol. The summed E-state index contributed by atoms with van der Waals surface area (Å²) in [5, 5.41) is 2.72. The van der Waals surface area contributed by atoms with Crippen molar-refractivity contribution >= 4 is 23.1 Å². The molecule has 4 rings (SSSR count). The Labute approximate surface area is 166 Å². The molecule has 1 N–H and O–H groups in total. The van der Waals surface area contributed by atoms with Gasteiger partial charge in [-0.15, -0.1) is 0 Å². The highest BCUT2D eigenvalue weighted by Crippen LogP contribution is 2.25. The van der Waals surface area contributed by atoms with Crippen LogP contribution in [0.5, 0.6) is 0 Å². The number of hydrogen-bond acceptors (Lipinski definition) is 5. The summed E-state index contributed by atoms with van der Waals surface area (Å²) in [5.74, 6) is -0.848. The van der Waals surface area contributed by atoms with Crippen molar-refractivity contribution in [3.05, 3.63) is 71.7 Å². The van der Waals surface area contributed by atoms with Crippen LogP contribution in [0.25, 0.3) is 0 Å². The summed E-state index contributed by atoms with van der Waals surface area (Å²) in [4.78, 5) is 12.8. The van der Waals surface area contributed by atoms with Crippen molar-refractivity contribution < 1.29 is 13.2 Å². The average Bonchev–Trinajstić information content (AvgIpc) is 2.71. The molecule has 1 fully saturated rings. The number of nitrogens with one attached hydrogen (secondary N) is 1. The number of nitrogens with zero attached hydrogens (tertiary/aromatic N) is 4. The summed E-state index contributed by atoms with van der Waals surface area (Å²) in [6.45, 7) is 4.23. The van der Waals surface area contributed by atoms with E-state index in [2.05, 4.69) is 15.3 Å². The van der Waals surface area contributed by atoms with E-state index in [1.807, 2.05) is 15.9 Å². The first-order valence-electron chi connectivity index (χ1n) is 9.32. The Morgan fingerprint density at radius 1 is 0.793 bits per heavy atom. The second kappa shape index (κ2) is 7.98. The lowest BCUT2D eigenvalue weighted by Gasteiger charge is -2.36.